The molecule has 7 N–H and O–H groups in total. The van der Waals surface area contributed by atoms with Crippen LogP contribution < -0.4 is 31.9 Å². The molecule has 12 atom stereocenters. The van der Waals surface area contributed by atoms with Gasteiger partial charge < -0.3 is 65.4 Å². The second-order valence-electron chi connectivity index (χ2n) is 23.3. The number of cyclic esters (lactones) is 6. The van der Waals surface area contributed by atoms with Crippen molar-refractivity contribution in [3.63, 3.8) is 0 Å². The molecule has 1 aliphatic rings. The lowest BCUT2D eigenvalue weighted by Gasteiger charge is -2.32. The largest absolute Gasteiger partial charge is 0.451 e. The van der Waals surface area contributed by atoms with E-state index in [9.17, 15) is 62.6 Å². The molecule has 0 aromatic heterocycles. The number of rotatable bonds is 9. The Balaban J connectivity index is 3.91. The normalized spacial score (nSPS) is 28.8. The van der Waals surface area contributed by atoms with Crippen LogP contribution in [0.2, 0.25) is 0 Å². The van der Waals surface area contributed by atoms with Gasteiger partial charge in [-0.15, -0.1) is 0 Å². The van der Waals surface area contributed by atoms with Crippen molar-refractivity contribution in [2.24, 2.45) is 47.3 Å². The van der Waals surface area contributed by atoms with Gasteiger partial charge in [0.05, 0.1) is 0 Å². The van der Waals surface area contributed by atoms with Gasteiger partial charge in [0.15, 0.2) is 30.5 Å². The smallest absolute Gasteiger partial charge is 0.329 e. The molecule has 1 fully saturated rings. The summed E-state index contributed by atoms with van der Waals surface area (Å²) in [6.45, 7) is 30.8. The Labute approximate surface area is 464 Å². The van der Waals surface area contributed by atoms with Crippen LogP contribution in [0.3, 0.4) is 0 Å². The summed E-state index contributed by atoms with van der Waals surface area (Å²) in [5, 5.41) is 26.0. The van der Waals surface area contributed by atoms with E-state index < -0.39 is 197 Å². The number of esters is 6. The highest BCUT2D eigenvalue weighted by molar-refractivity contribution is 5.96. The Morgan fingerprint density at radius 3 is 0.696 bits per heavy atom. The van der Waals surface area contributed by atoms with Crippen LogP contribution in [0, 0.1) is 47.3 Å². The molecule has 1 heterocycles. The molecule has 0 saturated carbocycles. The molecule has 6 amide bonds. The van der Waals surface area contributed by atoms with E-state index in [1.54, 1.807) is 83.1 Å². The molecule has 1 rings (SSSR count). The van der Waals surface area contributed by atoms with E-state index in [2.05, 4.69) is 31.9 Å². The first-order valence-electron chi connectivity index (χ1n) is 26.9. The van der Waals surface area contributed by atoms with E-state index in [4.69, 9.17) is 28.4 Å². The average molecular weight is 1130 g/mol. The highest BCUT2D eigenvalue weighted by Gasteiger charge is 2.44. The fraction of sp³-hybridized carbons (Fsp3) is 0.778. The standard InChI is InChI=1S/C54H90N6O19/c1-22(2)33-48(67)74-30(17)42(61)55-36(25(7)8)51(70)77-40(29(15)16)46(65)59-34(23(3)4)49(68)75-32(19)44(63)57-38(27(11)12)53(72)79-41(54(20,21)73)47(66)60-35(24(5)6)50(69)76-31(18)43(62)56-37(26(9)10)52(71)78-39(28(13)14)45(64)58-33/h22-41,73H,1-21H3,(H,55,61)(H,56,62)(H,57,63)(H,58,64)(H,59,65)(H,60,66)/t30-,31-,32-,33+,34+,35+,36-,37-,38-,39+,40+,41-/m0/s1. The van der Waals surface area contributed by atoms with Crippen molar-refractivity contribution in [2.45, 2.75) is 224 Å². The first-order chi connectivity index (χ1) is 36.2. The van der Waals surface area contributed by atoms with Gasteiger partial charge in [0, 0.05) is 0 Å². The monoisotopic (exact) mass is 1130 g/mol. The van der Waals surface area contributed by atoms with E-state index in [0.717, 1.165) is 13.8 Å². The van der Waals surface area contributed by atoms with Crippen LogP contribution >= 0.6 is 0 Å². The summed E-state index contributed by atoms with van der Waals surface area (Å²) in [7, 11) is 0. The summed E-state index contributed by atoms with van der Waals surface area (Å²) in [6, 6.07) is -8.72. The van der Waals surface area contributed by atoms with Crippen LogP contribution in [0.1, 0.15) is 145 Å². The lowest BCUT2D eigenvalue weighted by Crippen LogP contribution is -2.58. The van der Waals surface area contributed by atoms with Crippen molar-refractivity contribution in [1.82, 2.24) is 31.9 Å². The number of carbonyl (C=O) groups excluding carboxylic acids is 12. The summed E-state index contributed by atoms with van der Waals surface area (Å²) in [5.74, 6) is -18.2. The van der Waals surface area contributed by atoms with Gasteiger partial charge in [-0.05, 0) is 82.0 Å². The Bertz CT molecular complexity index is 2160. The van der Waals surface area contributed by atoms with Crippen LogP contribution in [0.15, 0.2) is 0 Å². The van der Waals surface area contributed by atoms with E-state index >= 15 is 0 Å². The van der Waals surface area contributed by atoms with Gasteiger partial charge in [0.2, 0.25) is 6.10 Å². The van der Waals surface area contributed by atoms with Gasteiger partial charge in [0.1, 0.15) is 41.9 Å². The minimum absolute atomic E-state index is 0.660. The van der Waals surface area contributed by atoms with Gasteiger partial charge in [-0.3, -0.25) is 28.8 Å². The molecule has 0 spiro atoms. The topological polar surface area (TPSA) is 353 Å². The number of hydrogen-bond donors (Lipinski definition) is 7. The van der Waals surface area contributed by atoms with Crippen molar-refractivity contribution in [3.8, 4) is 0 Å². The summed E-state index contributed by atoms with van der Waals surface area (Å²) < 4.78 is 33.3. The van der Waals surface area contributed by atoms with Gasteiger partial charge >= 0.3 is 35.8 Å². The zero-order valence-electron chi connectivity index (χ0n) is 49.8. The van der Waals surface area contributed by atoms with E-state index in [1.165, 1.54) is 48.5 Å². The number of nitrogens with one attached hydrogen (secondary N) is 6. The second kappa shape index (κ2) is 30.8. The zero-order chi connectivity index (χ0) is 61.5. The maximum Gasteiger partial charge on any atom is 0.329 e. The number of aliphatic hydroxyl groups is 1. The molecule has 1 aliphatic heterocycles. The molecular formula is C54H90N6O19. The molecular weight excluding hydrogens is 1040 g/mol. The van der Waals surface area contributed by atoms with E-state index in [1.807, 2.05) is 0 Å². The lowest BCUT2D eigenvalue weighted by atomic mass is 9.98. The van der Waals surface area contributed by atoms with Gasteiger partial charge in [-0.1, -0.05) is 111 Å². The highest BCUT2D eigenvalue weighted by atomic mass is 16.6. The van der Waals surface area contributed by atoms with Crippen molar-refractivity contribution in [1.29, 1.82) is 0 Å². The first-order valence-corrected chi connectivity index (χ1v) is 26.9. The first kappa shape index (κ1) is 70.6. The van der Waals surface area contributed by atoms with Crippen molar-refractivity contribution >= 4 is 71.3 Å². The molecule has 0 aromatic carbocycles. The summed E-state index contributed by atoms with van der Waals surface area (Å²) in [4.78, 5) is 165. The molecule has 1 saturated heterocycles. The predicted octanol–water partition coefficient (Wildman–Crippen LogP) is 1.46. The third-order valence-corrected chi connectivity index (χ3v) is 12.6. The maximum absolute atomic E-state index is 13.9. The van der Waals surface area contributed by atoms with Crippen molar-refractivity contribution in [2.75, 3.05) is 0 Å². The Hall–Kier alpha value is -6.40. The Morgan fingerprint density at radius 2 is 0.494 bits per heavy atom. The van der Waals surface area contributed by atoms with Crippen LogP contribution in [-0.2, 0) is 86.0 Å². The summed E-state index contributed by atoms with van der Waals surface area (Å²) in [6.07, 6.45) is -9.91. The fourth-order valence-electron chi connectivity index (χ4n) is 7.49. The molecule has 0 unspecified atom stereocenters. The number of amides is 6. The molecule has 0 bridgehead atoms. The molecule has 25 nitrogen and oxygen atoms in total. The molecule has 0 aliphatic carbocycles. The van der Waals surface area contributed by atoms with Gasteiger partial charge in [0.25, 0.3) is 35.4 Å². The van der Waals surface area contributed by atoms with Crippen LogP contribution in [0.25, 0.3) is 0 Å². The minimum atomic E-state index is -2.12. The average Bonchev–Trinajstić information content (AvgIpc) is 3.31. The SMILES string of the molecule is CC(C)[C@@H]1NC(=O)[C@H](C)OC(=O)[C@@H](C(C)C)NC(=O)[C@@H](C(C)(C)O)OC(=O)[C@H](C(C)C)NC(=O)[C@H](C)OC(=O)[C@@H](C(C)C)NC(=O)[C@@H](C(C)C)OC(=O)[C@H](C(C)C)NC(=O)[C@H](C)OC(=O)[C@@H](C(C)C)NC(=O)[C@@H](C(C)C)OC1=O. The second-order valence-corrected chi connectivity index (χ2v) is 23.3. The van der Waals surface area contributed by atoms with Crippen LogP contribution in [0.5, 0.6) is 0 Å². The third kappa shape index (κ3) is 21.3. The predicted molar refractivity (Wildman–Crippen MR) is 283 cm³/mol. The summed E-state index contributed by atoms with van der Waals surface area (Å²) >= 11 is 0. The number of ether oxygens (including phenoxy) is 6. The van der Waals surface area contributed by atoms with Crippen molar-refractivity contribution in [3.05, 3.63) is 0 Å². The molecule has 450 valence electrons. The van der Waals surface area contributed by atoms with Gasteiger partial charge in [-0.25, -0.2) is 28.8 Å². The number of carbonyl (C=O) groups is 12. The Morgan fingerprint density at radius 1 is 0.304 bits per heavy atom. The molecule has 0 radical (unpaired) electrons. The van der Waals surface area contributed by atoms with Crippen LogP contribution in [-0.4, -0.2) is 155 Å². The van der Waals surface area contributed by atoms with Crippen molar-refractivity contribution < 1.29 is 91.1 Å². The number of hydrogen-bond acceptors (Lipinski definition) is 19. The zero-order valence-corrected chi connectivity index (χ0v) is 49.8. The van der Waals surface area contributed by atoms with E-state index in [0.29, 0.717) is 0 Å². The van der Waals surface area contributed by atoms with Gasteiger partial charge in [-0.2, -0.15) is 0 Å². The molecule has 0 aromatic rings. The third-order valence-electron chi connectivity index (χ3n) is 12.6. The highest BCUT2D eigenvalue weighted by Crippen LogP contribution is 2.21. The summed E-state index contributed by atoms with van der Waals surface area (Å²) in [5.41, 5.74) is -2.12. The Kier molecular flexibility index (Phi) is 27.6. The minimum Gasteiger partial charge on any atom is -0.451 e. The molecule has 25 heteroatoms. The van der Waals surface area contributed by atoms with E-state index in [-0.39, 0.29) is 0 Å². The lowest BCUT2D eigenvalue weighted by molar-refractivity contribution is -0.175. The van der Waals surface area contributed by atoms with Crippen LogP contribution in [0.4, 0.5) is 0 Å². The quantitative estimate of drug-likeness (QED) is 0.127. The fourth-order valence-corrected chi connectivity index (χ4v) is 7.49. The molecule has 79 heavy (non-hydrogen) atoms. The maximum atomic E-state index is 13.9.